The number of aromatic nitrogens is 4. The zero-order valence-electron chi connectivity index (χ0n) is 24.8. The Hall–Kier alpha value is -3.50. The van der Waals surface area contributed by atoms with Gasteiger partial charge in [-0.2, -0.15) is 5.10 Å². The molecule has 41 heavy (non-hydrogen) atoms. The molecule has 5 rings (SSSR count). The van der Waals surface area contributed by atoms with Crippen LogP contribution in [0.3, 0.4) is 0 Å². The number of benzene rings is 2. The summed E-state index contributed by atoms with van der Waals surface area (Å²) in [5.41, 5.74) is 5.81. The van der Waals surface area contributed by atoms with Crippen molar-refractivity contribution in [3.05, 3.63) is 53.1 Å². The molecule has 0 atom stereocenters. The van der Waals surface area contributed by atoms with E-state index in [1.165, 1.54) is 12.1 Å². The van der Waals surface area contributed by atoms with Crippen molar-refractivity contribution in [1.82, 2.24) is 24.6 Å². The summed E-state index contributed by atoms with van der Waals surface area (Å²) in [7, 11) is -1.25. The van der Waals surface area contributed by atoms with E-state index in [1.54, 1.807) is 0 Å². The number of fused-ring (bicyclic) bond motifs is 2. The molecule has 0 unspecified atom stereocenters. The Morgan fingerprint density at radius 1 is 1.20 bits per heavy atom. The highest BCUT2D eigenvalue weighted by molar-refractivity contribution is 6.76. The van der Waals surface area contributed by atoms with Gasteiger partial charge in [-0.15, -0.1) is 0 Å². The highest BCUT2D eigenvalue weighted by atomic mass is 28.3. The maximum Gasteiger partial charge on any atom is 0.223 e. The minimum absolute atomic E-state index is 0.141. The molecule has 2 aromatic heterocycles. The van der Waals surface area contributed by atoms with Crippen LogP contribution >= 0.6 is 0 Å². The minimum Gasteiger partial charge on any atom is -0.505 e. The lowest BCUT2D eigenvalue weighted by molar-refractivity contribution is -0.132. The number of aromatic hydroxyl groups is 1. The first-order valence-electron chi connectivity index (χ1n) is 14.4. The van der Waals surface area contributed by atoms with Crippen molar-refractivity contribution < 1.29 is 19.0 Å². The van der Waals surface area contributed by atoms with Crippen LogP contribution < -0.4 is 0 Å². The van der Waals surface area contributed by atoms with Crippen LogP contribution in [-0.4, -0.2) is 50.3 Å². The normalized spacial score (nSPS) is 13.5. The lowest BCUT2D eigenvalue weighted by Crippen LogP contribution is -2.26. The summed E-state index contributed by atoms with van der Waals surface area (Å²) in [5.74, 6) is 0.124. The number of ether oxygens (including phenoxy) is 1. The first-order valence-corrected chi connectivity index (χ1v) is 18.1. The summed E-state index contributed by atoms with van der Waals surface area (Å²) in [6.45, 7) is 15.0. The predicted molar refractivity (Wildman–Crippen MR) is 162 cm³/mol. The third-order valence-electron chi connectivity index (χ3n) is 7.54. The number of aryl methyl sites for hydroxylation is 1. The second-order valence-electron chi connectivity index (χ2n) is 12.6. The number of carbonyl (C=O) groups excluding carboxylic acids is 1. The fraction of sp³-hybridized carbons (Fsp3) is 0.452. The van der Waals surface area contributed by atoms with Gasteiger partial charge in [0.2, 0.25) is 5.91 Å². The molecule has 1 amide bonds. The number of phenolic OH excluding ortho intramolecular Hbond substituents is 1. The van der Waals surface area contributed by atoms with Gasteiger partial charge in [0.15, 0.2) is 17.4 Å². The van der Waals surface area contributed by atoms with Crippen LogP contribution in [0, 0.1) is 11.7 Å². The Morgan fingerprint density at radius 3 is 2.66 bits per heavy atom. The molecular formula is C31H40FN5O3Si. The number of aromatic amines is 1. The van der Waals surface area contributed by atoms with Crippen molar-refractivity contribution >= 4 is 24.9 Å². The van der Waals surface area contributed by atoms with Gasteiger partial charge in [0.05, 0.1) is 30.0 Å². The topological polar surface area (TPSA) is 96.3 Å². The van der Waals surface area contributed by atoms with Gasteiger partial charge in [0.25, 0.3) is 0 Å². The molecular weight excluding hydrogens is 537 g/mol. The minimum atomic E-state index is -1.25. The standard InChI is InChI=1S/C31H40FN5O3Si/c1-7-20-14-28(38)24(32)15-23(20)21-8-9-22-27(13-21)37(18-40-10-11-41(4,5)6)35-30(22)31-33-25-16-36(17-26(25)34-31)29(39)12-19(2)3/h8-9,13-15,19,38H,7,10-12,16-18H2,1-6H3,(H,33,34). The number of hydrogen-bond acceptors (Lipinski definition) is 5. The largest absolute Gasteiger partial charge is 0.505 e. The first kappa shape index (κ1) is 29.0. The van der Waals surface area contributed by atoms with Crippen LogP contribution in [0.25, 0.3) is 33.5 Å². The number of rotatable bonds is 10. The molecule has 1 aliphatic heterocycles. The summed E-state index contributed by atoms with van der Waals surface area (Å²) in [6.07, 6.45) is 1.18. The second kappa shape index (κ2) is 11.4. The van der Waals surface area contributed by atoms with Gasteiger partial charge in [-0.3, -0.25) is 4.79 Å². The zero-order valence-corrected chi connectivity index (χ0v) is 25.8. The molecule has 0 bridgehead atoms. The van der Waals surface area contributed by atoms with Gasteiger partial charge in [0.1, 0.15) is 12.4 Å². The van der Waals surface area contributed by atoms with Crippen molar-refractivity contribution in [2.24, 2.45) is 5.92 Å². The summed E-state index contributed by atoms with van der Waals surface area (Å²) in [4.78, 5) is 22.7. The molecule has 2 aromatic carbocycles. The average molecular weight is 578 g/mol. The number of nitrogens with zero attached hydrogens (tertiary/aromatic N) is 4. The number of imidazole rings is 1. The van der Waals surface area contributed by atoms with Gasteiger partial charge in [-0.1, -0.05) is 46.5 Å². The first-order chi connectivity index (χ1) is 19.4. The molecule has 0 fully saturated rings. The molecule has 10 heteroatoms. The van der Waals surface area contributed by atoms with Gasteiger partial charge in [-0.25, -0.2) is 14.1 Å². The van der Waals surface area contributed by atoms with Crippen molar-refractivity contribution in [3.8, 4) is 28.4 Å². The van der Waals surface area contributed by atoms with Gasteiger partial charge in [0, 0.05) is 26.5 Å². The van der Waals surface area contributed by atoms with Crippen molar-refractivity contribution in [2.45, 2.75) is 79.1 Å². The van der Waals surface area contributed by atoms with Crippen LogP contribution in [0.15, 0.2) is 30.3 Å². The Kier molecular flexibility index (Phi) is 8.07. The van der Waals surface area contributed by atoms with Crippen LogP contribution in [0.2, 0.25) is 25.7 Å². The van der Waals surface area contributed by atoms with Crippen LogP contribution in [0.5, 0.6) is 5.75 Å². The molecule has 0 saturated heterocycles. The van der Waals surface area contributed by atoms with Gasteiger partial charge in [-0.05, 0) is 59.3 Å². The molecule has 218 valence electrons. The molecule has 0 radical (unpaired) electrons. The van der Waals surface area contributed by atoms with E-state index in [9.17, 15) is 14.3 Å². The van der Waals surface area contributed by atoms with E-state index < -0.39 is 13.9 Å². The maximum absolute atomic E-state index is 14.4. The zero-order chi connectivity index (χ0) is 29.5. The molecule has 1 aliphatic rings. The van der Waals surface area contributed by atoms with E-state index in [-0.39, 0.29) is 18.4 Å². The number of phenols is 1. The van der Waals surface area contributed by atoms with Gasteiger partial charge >= 0.3 is 0 Å². The third kappa shape index (κ3) is 6.23. The number of hydrogen-bond donors (Lipinski definition) is 2. The van der Waals surface area contributed by atoms with E-state index in [2.05, 4.69) is 24.6 Å². The van der Waals surface area contributed by atoms with Crippen molar-refractivity contribution in [2.75, 3.05) is 6.61 Å². The SMILES string of the molecule is CCc1cc(O)c(F)cc1-c1ccc2c(-c3nc4c([nH]3)CN(C(=O)CC(C)C)C4)nn(COCC[Si](C)(C)C)c2c1. The summed E-state index contributed by atoms with van der Waals surface area (Å²) >= 11 is 0. The molecule has 3 heterocycles. The fourth-order valence-corrected chi connectivity index (χ4v) is 5.97. The molecule has 0 spiro atoms. The number of H-pyrrole nitrogens is 1. The average Bonchev–Trinajstić information content (AvgIpc) is 3.58. The monoisotopic (exact) mass is 577 g/mol. The fourth-order valence-electron chi connectivity index (χ4n) is 5.21. The van der Waals surface area contributed by atoms with Crippen LogP contribution in [0.1, 0.15) is 44.1 Å². The van der Waals surface area contributed by atoms with E-state index in [4.69, 9.17) is 14.8 Å². The number of carbonyl (C=O) groups is 1. The van der Waals surface area contributed by atoms with Crippen LogP contribution in [-0.2, 0) is 35.8 Å². The van der Waals surface area contributed by atoms with E-state index in [1.807, 2.05) is 48.6 Å². The number of amides is 1. The summed E-state index contributed by atoms with van der Waals surface area (Å²) < 4.78 is 22.3. The lowest BCUT2D eigenvalue weighted by Gasteiger charge is -2.16. The highest BCUT2D eigenvalue weighted by Gasteiger charge is 2.28. The summed E-state index contributed by atoms with van der Waals surface area (Å²) in [5, 5.41) is 15.8. The molecule has 0 saturated carbocycles. The molecule has 4 aromatic rings. The Balaban J connectivity index is 1.50. The third-order valence-corrected chi connectivity index (χ3v) is 9.24. The Morgan fingerprint density at radius 2 is 1.98 bits per heavy atom. The molecule has 8 nitrogen and oxygen atoms in total. The molecule has 2 N–H and O–H groups in total. The maximum atomic E-state index is 14.4. The van der Waals surface area contributed by atoms with Crippen LogP contribution in [0.4, 0.5) is 4.39 Å². The van der Waals surface area contributed by atoms with Gasteiger partial charge < -0.3 is 19.7 Å². The lowest BCUT2D eigenvalue weighted by atomic mass is 9.96. The second-order valence-corrected chi connectivity index (χ2v) is 18.2. The summed E-state index contributed by atoms with van der Waals surface area (Å²) in [6, 6.07) is 9.89. The highest BCUT2D eigenvalue weighted by Crippen LogP contribution is 2.35. The Bertz CT molecular complexity index is 1560. The van der Waals surface area contributed by atoms with E-state index in [0.29, 0.717) is 50.0 Å². The van der Waals surface area contributed by atoms with E-state index in [0.717, 1.165) is 45.0 Å². The number of nitrogens with one attached hydrogen (secondary N) is 1. The predicted octanol–water partition coefficient (Wildman–Crippen LogP) is 6.70. The molecule has 0 aliphatic carbocycles. The number of halogens is 1. The Labute approximate surface area is 241 Å². The van der Waals surface area contributed by atoms with Crippen molar-refractivity contribution in [1.29, 1.82) is 0 Å². The quantitative estimate of drug-likeness (QED) is 0.162. The smallest absolute Gasteiger partial charge is 0.223 e. The van der Waals surface area contributed by atoms with Crippen molar-refractivity contribution in [3.63, 3.8) is 0 Å². The van der Waals surface area contributed by atoms with E-state index >= 15 is 0 Å².